The molecule has 3 rings (SSSR count). The Balaban J connectivity index is 1.58. The van der Waals surface area contributed by atoms with Crippen molar-refractivity contribution in [3.8, 4) is 0 Å². The molecular formula is C16H15N5OS. The average Bonchev–Trinajstić information content (AvgIpc) is 2.98. The molecule has 2 N–H and O–H groups in total. The number of carbonyl (C=O) groups excluding carboxylic acids is 1. The van der Waals surface area contributed by atoms with Crippen molar-refractivity contribution in [1.29, 1.82) is 0 Å². The number of hydrogen-bond donors (Lipinski definition) is 2. The second-order valence-corrected chi connectivity index (χ2v) is 5.87. The zero-order chi connectivity index (χ0) is 16.1. The van der Waals surface area contributed by atoms with E-state index in [4.69, 9.17) is 0 Å². The molecule has 0 aliphatic rings. The zero-order valence-electron chi connectivity index (χ0n) is 12.4. The number of benzene rings is 1. The number of fused-ring (bicyclic) bond motifs is 1. The summed E-state index contributed by atoms with van der Waals surface area (Å²) in [6.07, 6.45) is 3.17. The standard InChI is InChI=1S/C16H15N5OS/c1-11(15(22)21-18-10-12-6-4-5-9-17-12)19-16-20-13-7-2-3-8-14(13)23-16/h2-11H,1H3,(H,19,20)(H,21,22)/b18-10-/t11-/m1/s1. The van der Waals surface area contributed by atoms with Gasteiger partial charge in [0.25, 0.3) is 5.91 Å². The largest absolute Gasteiger partial charge is 0.350 e. The molecule has 0 aliphatic carbocycles. The molecule has 0 aliphatic heterocycles. The Morgan fingerprint density at radius 3 is 2.87 bits per heavy atom. The first-order chi connectivity index (χ1) is 11.2. The Morgan fingerprint density at radius 2 is 2.09 bits per heavy atom. The van der Waals surface area contributed by atoms with Gasteiger partial charge in [-0.15, -0.1) is 0 Å². The van der Waals surface area contributed by atoms with E-state index in [1.54, 1.807) is 19.2 Å². The maximum Gasteiger partial charge on any atom is 0.262 e. The number of para-hydroxylation sites is 1. The smallest absolute Gasteiger partial charge is 0.262 e. The zero-order valence-corrected chi connectivity index (χ0v) is 13.2. The third-order valence-electron chi connectivity index (χ3n) is 3.09. The van der Waals surface area contributed by atoms with Crippen LogP contribution in [-0.4, -0.2) is 28.1 Å². The van der Waals surface area contributed by atoms with E-state index in [1.165, 1.54) is 17.6 Å². The van der Waals surface area contributed by atoms with Crippen molar-refractivity contribution < 1.29 is 4.79 Å². The number of amides is 1. The molecule has 0 radical (unpaired) electrons. The van der Waals surface area contributed by atoms with Gasteiger partial charge in [-0.05, 0) is 31.2 Å². The van der Waals surface area contributed by atoms with E-state index < -0.39 is 6.04 Å². The van der Waals surface area contributed by atoms with Crippen LogP contribution in [0.15, 0.2) is 53.8 Å². The molecule has 2 heterocycles. The summed E-state index contributed by atoms with van der Waals surface area (Å²) in [6, 6.07) is 12.9. The van der Waals surface area contributed by atoms with Gasteiger partial charge in [0.1, 0.15) is 6.04 Å². The lowest BCUT2D eigenvalue weighted by molar-refractivity contribution is -0.121. The highest BCUT2D eigenvalue weighted by Gasteiger charge is 2.13. The van der Waals surface area contributed by atoms with Gasteiger partial charge in [-0.2, -0.15) is 5.10 Å². The number of thiazole rings is 1. The van der Waals surface area contributed by atoms with Crippen LogP contribution in [0.25, 0.3) is 10.2 Å². The summed E-state index contributed by atoms with van der Waals surface area (Å²) in [5.41, 5.74) is 4.09. The number of anilines is 1. The maximum absolute atomic E-state index is 12.0. The highest BCUT2D eigenvalue weighted by atomic mass is 32.1. The van der Waals surface area contributed by atoms with E-state index in [0.29, 0.717) is 10.8 Å². The number of rotatable bonds is 5. The third-order valence-corrected chi connectivity index (χ3v) is 4.05. The lowest BCUT2D eigenvalue weighted by atomic mass is 10.3. The topological polar surface area (TPSA) is 79.3 Å². The normalized spacial score (nSPS) is 12.4. The Hall–Kier alpha value is -2.80. The van der Waals surface area contributed by atoms with Gasteiger partial charge in [-0.1, -0.05) is 29.5 Å². The van der Waals surface area contributed by atoms with E-state index in [-0.39, 0.29) is 5.91 Å². The predicted molar refractivity (Wildman–Crippen MR) is 92.7 cm³/mol. The lowest BCUT2D eigenvalue weighted by Crippen LogP contribution is -2.34. The van der Waals surface area contributed by atoms with Crippen LogP contribution in [0.3, 0.4) is 0 Å². The van der Waals surface area contributed by atoms with Gasteiger partial charge in [0.05, 0.1) is 22.1 Å². The first-order valence-corrected chi connectivity index (χ1v) is 7.90. The molecule has 23 heavy (non-hydrogen) atoms. The highest BCUT2D eigenvalue weighted by molar-refractivity contribution is 7.22. The fourth-order valence-corrected chi connectivity index (χ4v) is 2.85. The molecule has 3 aromatic rings. The summed E-state index contributed by atoms with van der Waals surface area (Å²) in [6.45, 7) is 1.76. The van der Waals surface area contributed by atoms with Crippen LogP contribution >= 0.6 is 11.3 Å². The molecule has 6 nitrogen and oxygen atoms in total. The van der Waals surface area contributed by atoms with E-state index in [0.717, 1.165) is 10.2 Å². The summed E-state index contributed by atoms with van der Waals surface area (Å²) in [7, 11) is 0. The van der Waals surface area contributed by atoms with Gasteiger partial charge < -0.3 is 5.32 Å². The van der Waals surface area contributed by atoms with E-state index in [9.17, 15) is 4.79 Å². The van der Waals surface area contributed by atoms with Crippen LogP contribution in [0.1, 0.15) is 12.6 Å². The number of hydrazone groups is 1. The minimum Gasteiger partial charge on any atom is -0.350 e. The first kappa shape index (κ1) is 15.1. The predicted octanol–water partition coefficient (Wildman–Crippen LogP) is 2.64. The molecule has 0 saturated heterocycles. The molecule has 1 atom stereocenters. The first-order valence-electron chi connectivity index (χ1n) is 7.08. The van der Waals surface area contributed by atoms with Gasteiger partial charge in [0.15, 0.2) is 5.13 Å². The van der Waals surface area contributed by atoms with Gasteiger partial charge in [0.2, 0.25) is 0 Å². The Morgan fingerprint density at radius 1 is 1.26 bits per heavy atom. The monoisotopic (exact) mass is 325 g/mol. The molecule has 0 fully saturated rings. The van der Waals surface area contributed by atoms with Gasteiger partial charge in [0, 0.05) is 6.20 Å². The van der Waals surface area contributed by atoms with Crippen molar-refractivity contribution in [3.05, 3.63) is 54.4 Å². The van der Waals surface area contributed by atoms with Crippen LogP contribution in [0.2, 0.25) is 0 Å². The summed E-state index contributed by atoms with van der Waals surface area (Å²) in [4.78, 5) is 20.6. The Bertz CT molecular complexity index is 798. The SMILES string of the molecule is C[C@@H](Nc1nc2ccccc2s1)C(=O)N/N=C\c1ccccn1. The minimum atomic E-state index is -0.448. The van der Waals surface area contributed by atoms with Crippen molar-refractivity contribution in [2.75, 3.05) is 5.32 Å². The van der Waals surface area contributed by atoms with Gasteiger partial charge >= 0.3 is 0 Å². The highest BCUT2D eigenvalue weighted by Crippen LogP contribution is 2.25. The van der Waals surface area contributed by atoms with Crippen molar-refractivity contribution >= 4 is 38.8 Å². The molecule has 2 aromatic heterocycles. The van der Waals surface area contributed by atoms with Crippen LogP contribution in [0.5, 0.6) is 0 Å². The van der Waals surface area contributed by atoms with Crippen molar-refractivity contribution in [3.63, 3.8) is 0 Å². The van der Waals surface area contributed by atoms with Crippen LogP contribution in [0.4, 0.5) is 5.13 Å². The molecule has 1 amide bonds. The Labute approximate surface area is 137 Å². The summed E-state index contributed by atoms with van der Waals surface area (Å²) in [5.74, 6) is -0.239. The number of pyridine rings is 1. The maximum atomic E-state index is 12.0. The van der Waals surface area contributed by atoms with Crippen LogP contribution in [0, 0.1) is 0 Å². The fourth-order valence-electron chi connectivity index (χ4n) is 1.90. The van der Waals surface area contributed by atoms with Crippen molar-refractivity contribution in [1.82, 2.24) is 15.4 Å². The number of hydrogen-bond acceptors (Lipinski definition) is 6. The molecule has 1 aromatic carbocycles. The molecular weight excluding hydrogens is 310 g/mol. The summed E-state index contributed by atoms with van der Waals surface area (Å²) >= 11 is 1.51. The van der Waals surface area contributed by atoms with Crippen molar-refractivity contribution in [2.45, 2.75) is 13.0 Å². The number of carbonyl (C=O) groups is 1. The van der Waals surface area contributed by atoms with E-state index in [1.807, 2.05) is 36.4 Å². The molecule has 116 valence electrons. The third kappa shape index (κ3) is 3.89. The number of nitrogens with one attached hydrogen (secondary N) is 2. The molecule has 7 heteroatoms. The van der Waals surface area contributed by atoms with Gasteiger partial charge in [-0.25, -0.2) is 10.4 Å². The second-order valence-electron chi connectivity index (χ2n) is 4.84. The number of aromatic nitrogens is 2. The summed E-state index contributed by atoms with van der Waals surface area (Å²) < 4.78 is 1.08. The lowest BCUT2D eigenvalue weighted by Gasteiger charge is -2.10. The van der Waals surface area contributed by atoms with Gasteiger partial charge in [-0.3, -0.25) is 9.78 Å². The summed E-state index contributed by atoms with van der Waals surface area (Å²) in [5, 5.41) is 7.70. The molecule has 0 unspecified atom stereocenters. The average molecular weight is 325 g/mol. The van der Waals surface area contributed by atoms with Crippen LogP contribution < -0.4 is 10.7 Å². The van der Waals surface area contributed by atoms with E-state index in [2.05, 4.69) is 25.8 Å². The number of nitrogens with zero attached hydrogens (tertiary/aromatic N) is 3. The molecule has 0 bridgehead atoms. The quantitative estimate of drug-likeness (QED) is 0.558. The van der Waals surface area contributed by atoms with Crippen LogP contribution in [-0.2, 0) is 4.79 Å². The fraction of sp³-hybridized carbons (Fsp3) is 0.125. The van der Waals surface area contributed by atoms with E-state index >= 15 is 0 Å². The second kappa shape index (κ2) is 6.97. The Kier molecular flexibility index (Phi) is 4.58. The van der Waals surface area contributed by atoms with Crippen molar-refractivity contribution in [2.24, 2.45) is 5.10 Å². The molecule has 0 saturated carbocycles. The molecule has 0 spiro atoms. The minimum absolute atomic E-state index is 0.239.